The zero-order valence-corrected chi connectivity index (χ0v) is 12.7. The second kappa shape index (κ2) is 6.75. The molecule has 0 radical (unpaired) electrons. The highest BCUT2D eigenvalue weighted by molar-refractivity contribution is 5.71. The van der Waals surface area contributed by atoms with Gasteiger partial charge in [-0.15, -0.1) is 0 Å². The van der Waals surface area contributed by atoms with E-state index in [2.05, 4.69) is 53.4 Å². The van der Waals surface area contributed by atoms with Gasteiger partial charge in [0, 0.05) is 19.5 Å². The van der Waals surface area contributed by atoms with Gasteiger partial charge in [0.25, 0.3) is 0 Å². The lowest BCUT2D eigenvalue weighted by molar-refractivity contribution is -0.137. The van der Waals surface area contributed by atoms with Crippen molar-refractivity contribution >= 4 is 5.97 Å². The van der Waals surface area contributed by atoms with Gasteiger partial charge in [-0.1, -0.05) is 48.5 Å². The van der Waals surface area contributed by atoms with Crippen LogP contribution in [0.3, 0.4) is 0 Å². The average Bonchev–Trinajstić information content (AvgIpc) is 2.68. The normalized spacial score (nSPS) is 14.0. The van der Waals surface area contributed by atoms with Crippen LogP contribution in [-0.2, 0) is 17.9 Å². The molecule has 3 rings (SSSR count). The Labute approximate surface area is 131 Å². The van der Waals surface area contributed by atoms with Crippen molar-refractivity contribution in [1.29, 1.82) is 0 Å². The molecule has 1 aliphatic heterocycles. The number of fused-ring (bicyclic) bond motifs is 3. The van der Waals surface area contributed by atoms with E-state index in [0.29, 0.717) is 0 Å². The third kappa shape index (κ3) is 3.37. The van der Waals surface area contributed by atoms with Crippen molar-refractivity contribution in [3.05, 3.63) is 59.7 Å². The molecule has 0 saturated carbocycles. The van der Waals surface area contributed by atoms with Gasteiger partial charge in [-0.3, -0.25) is 9.69 Å². The summed E-state index contributed by atoms with van der Waals surface area (Å²) in [6.07, 6.45) is 1.94. The molecule has 1 N–H and O–H groups in total. The van der Waals surface area contributed by atoms with Crippen molar-refractivity contribution in [2.45, 2.75) is 32.4 Å². The summed E-state index contributed by atoms with van der Waals surface area (Å²) in [6.45, 7) is 2.80. The molecule has 0 aliphatic carbocycles. The van der Waals surface area contributed by atoms with Gasteiger partial charge in [0.05, 0.1) is 0 Å². The van der Waals surface area contributed by atoms with Crippen molar-refractivity contribution in [3.8, 4) is 11.1 Å². The monoisotopic (exact) mass is 295 g/mol. The number of rotatable bonds is 5. The molecule has 0 aromatic heterocycles. The van der Waals surface area contributed by atoms with Crippen LogP contribution < -0.4 is 0 Å². The third-order valence-corrected chi connectivity index (χ3v) is 4.23. The Hall–Kier alpha value is -2.13. The number of aliphatic carboxylic acids is 1. The predicted octanol–water partition coefficient (Wildman–Crippen LogP) is 3.92. The first-order valence-corrected chi connectivity index (χ1v) is 7.84. The molecule has 0 atom stereocenters. The molecule has 0 spiro atoms. The lowest BCUT2D eigenvalue weighted by Gasteiger charge is -2.20. The van der Waals surface area contributed by atoms with Crippen molar-refractivity contribution in [1.82, 2.24) is 4.90 Å². The average molecular weight is 295 g/mol. The van der Waals surface area contributed by atoms with Crippen molar-refractivity contribution < 1.29 is 9.90 Å². The molecule has 0 saturated heterocycles. The van der Waals surface area contributed by atoms with E-state index in [4.69, 9.17) is 5.11 Å². The van der Waals surface area contributed by atoms with Crippen LogP contribution in [0.4, 0.5) is 0 Å². The molecule has 1 aliphatic rings. The largest absolute Gasteiger partial charge is 0.481 e. The molecule has 2 aromatic rings. The molecule has 3 heteroatoms. The van der Waals surface area contributed by atoms with E-state index < -0.39 is 5.97 Å². The molecular formula is C19H21NO2. The van der Waals surface area contributed by atoms with Crippen molar-refractivity contribution in [2.24, 2.45) is 0 Å². The lowest BCUT2D eigenvalue weighted by atomic mass is 9.97. The van der Waals surface area contributed by atoms with E-state index in [1.54, 1.807) is 0 Å². The van der Waals surface area contributed by atoms with Gasteiger partial charge in [-0.25, -0.2) is 0 Å². The van der Waals surface area contributed by atoms with E-state index in [1.165, 1.54) is 22.3 Å². The van der Waals surface area contributed by atoms with Crippen LogP contribution in [0.1, 0.15) is 30.4 Å². The summed E-state index contributed by atoms with van der Waals surface area (Å²) in [5, 5.41) is 8.74. The Morgan fingerprint density at radius 2 is 1.45 bits per heavy atom. The zero-order valence-electron chi connectivity index (χ0n) is 12.7. The molecule has 1 heterocycles. The molecule has 0 fully saturated rings. The molecule has 0 amide bonds. The predicted molar refractivity (Wildman–Crippen MR) is 87.5 cm³/mol. The van der Waals surface area contributed by atoms with Crippen LogP contribution in [0, 0.1) is 0 Å². The fourth-order valence-electron chi connectivity index (χ4n) is 3.15. The number of nitrogens with zero attached hydrogens (tertiary/aromatic N) is 1. The van der Waals surface area contributed by atoms with Gasteiger partial charge < -0.3 is 5.11 Å². The van der Waals surface area contributed by atoms with Crippen LogP contribution >= 0.6 is 0 Å². The molecule has 2 aromatic carbocycles. The summed E-state index contributed by atoms with van der Waals surface area (Å²) in [5.41, 5.74) is 5.36. The number of benzene rings is 2. The van der Waals surface area contributed by atoms with E-state index in [9.17, 15) is 4.79 Å². The number of hydrogen-bond acceptors (Lipinski definition) is 2. The maximum Gasteiger partial charge on any atom is 0.303 e. The first-order chi connectivity index (χ1) is 10.7. The number of unbranched alkanes of at least 4 members (excludes halogenated alkanes) is 1. The Kier molecular flexibility index (Phi) is 4.54. The van der Waals surface area contributed by atoms with Gasteiger partial charge in [0.1, 0.15) is 0 Å². The highest BCUT2D eigenvalue weighted by Gasteiger charge is 2.18. The first-order valence-electron chi connectivity index (χ1n) is 7.84. The molecule has 0 bridgehead atoms. The number of hydrogen-bond donors (Lipinski definition) is 1. The van der Waals surface area contributed by atoms with Crippen LogP contribution in [0.5, 0.6) is 0 Å². The SMILES string of the molecule is O=C(O)CCCCN1Cc2ccccc2-c2ccccc2C1. The summed E-state index contributed by atoms with van der Waals surface area (Å²) >= 11 is 0. The fourth-order valence-corrected chi connectivity index (χ4v) is 3.15. The second-order valence-corrected chi connectivity index (χ2v) is 5.88. The molecule has 22 heavy (non-hydrogen) atoms. The van der Waals surface area contributed by atoms with E-state index >= 15 is 0 Å². The zero-order chi connectivity index (χ0) is 15.4. The van der Waals surface area contributed by atoms with Crippen LogP contribution in [-0.4, -0.2) is 22.5 Å². The number of carboxylic acid groups (broad SMARTS) is 1. The molecule has 3 nitrogen and oxygen atoms in total. The Bertz CT molecular complexity index is 618. The Balaban J connectivity index is 1.78. The second-order valence-electron chi connectivity index (χ2n) is 5.88. The van der Waals surface area contributed by atoms with Crippen molar-refractivity contribution in [3.63, 3.8) is 0 Å². The van der Waals surface area contributed by atoms with E-state index in [1.807, 2.05) is 0 Å². The maximum atomic E-state index is 10.6. The number of carboxylic acids is 1. The standard InChI is InChI=1S/C19H21NO2/c21-19(22)11-5-6-12-20-13-15-7-1-3-9-17(15)18-10-4-2-8-16(18)14-20/h1-4,7-10H,5-6,11-14H2,(H,21,22). The van der Waals surface area contributed by atoms with Crippen LogP contribution in [0.2, 0.25) is 0 Å². The van der Waals surface area contributed by atoms with E-state index in [-0.39, 0.29) is 6.42 Å². The van der Waals surface area contributed by atoms with Gasteiger partial charge >= 0.3 is 5.97 Å². The van der Waals surface area contributed by atoms with E-state index in [0.717, 1.165) is 32.5 Å². The van der Waals surface area contributed by atoms with Crippen molar-refractivity contribution in [2.75, 3.05) is 6.54 Å². The summed E-state index contributed by atoms with van der Waals surface area (Å²) in [6, 6.07) is 17.2. The van der Waals surface area contributed by atoms with Gasteiger partial charge in [0.15, 0.2) is 0 Å². The van der Waals surface area contributed by atoms with Gasteiger partial charge in [-0.05, 0) is 41.6 Å². The minimum absolute atomic E-state index is 0.265. The third-order valence-electron chi connectivity index (χ3n) is 4.23. The minimum Gasteiger partial charge on any atom is -0.481 e. The lowest BCUT2D eigenvalue weighted by Crippen LogP contribution is -2.23. The highest BCUT2D eigenvalue weighted by atomic mass is 16.4. The highest BCUT2D eigenvalue weighted by Crippen LogP contribution is 2.32. The van der Waals surface area contributed by atoms with Crippen LogP contribution in [0.15, 0.2) is 48.5 Å². The Morgan fingerprint density at radius 1 is 0.909 bits per heavy atom. The summed E-state index contributed by atoms with van der Waals surface area (Å²) in [4.78, 5) is 13.0. The van der Waals surface area contributed by atoms with Gasteiger partial charge in [0.2, 0.25) is 0 Å². The maximum absolute atomic E-state index is 10.6. The van der Waals surface area contributed by atoms with Gasteiger partial charge in [-0.2, -0.15) is 0 Å². The molecule has 114 valence electrons. The fraction of sp³-hybridized carbons (Fsp3) is 0.316. The molecular weight excluding hydrogens is 274 g/mol. The first kappa shape index (κ1) is 14.8. The Morgan fingerprint density at radius 3 is 2.00 bits per heavy atom. The molecule has 0 unspecified atom stereocenters. The van der Waals surface area contributed by atoms with Crippen LogP contribution in [0.25, 0.3) is 11.1 Å². The smallest absolute Gasteiger partial charge is 0.303 e. The quantitative estimate of drug-likeness (QED) is 0.850. The number of carbonyl (C=O) groups is 1. The summed E-state index contributed by atoms with van der Waals surface area (Å²) in [5.74, 6) is -0.702. The topological polar surface area (TPSA) is 40.5 Å². The minimum atomic E-state index is -0.702. The summed E-state index contributed by atoms with van der Waals surface area (Å²) < 4.78 is 0. The summed E-state index contributed by atoms with van der Waals surface area (Å²) in [7, 11) is 0.